The second-order valence-corrected chi connectivity index (χ2v) is 8.59. The van der Waals surface area contributed by atoms with Gasteiger partial charge in [-0.25, -0.2) is 0 Å². The second kappa shape index (κ2) is 11.0. The summed E-state index contributed by atoms with van der Waals surface area (Å²) in [6, 6.07) is 15.9. The van der Waals surface area contributed by atoms with Gasteiger partial charge in [0, 0.05) is 44.1 Å². The van der Waals surface area contributed by atoms with Gasteiger partial charge in [0.05, 0.1) is 11.5 Å². The molecule has 0 unspecified atom stereocenters. The van der Waals surface area contributed by atoms with E-state index < -0.39 is 0 Å². The van der Waals surface area contributed by atoms with Crippen molar-refractivity contribution < 1.29 is 9.59 Å². The van der Waals surface area contributed by atoms with Crippen molar-refractivity contribution in [3.05, 3.63) is 59.7 Å². The molecule has 2 aromatic carbocycles. The molecule has 2 aromatic rings. The van der Waals surface area contributed by atoms with Gasteiger partial charge in [0.15, 0.2) is 0 Å². The van der Waals surface area contributed by atoms with Crippen LogP contribution in [0.1, 0.15) is 11.1 Å². The third-order valence-corrected chi connectivity index (χ3v) is 6.05. The van der Waals surface area contributed by atoms with E-state index in [0.717, 1.165) is 43.0 Å². The summed E-state index contributed by atoms with van der Waals surface area (Å²) < 4.78 is 0. The molecule has 0 spiro atoms. The van der Waals surface area contributed by atoms with Crippen LogP contribution in [0, 0.1) is 6.92 Å². The van der Waals surface area contributed by atoms with E-state index in [-0.39, 0.29) is 23.3 Å². The Bertz CT molecular complexity index is 849. The van der Waals surface area contributed by atoms with E-state index in [4.69, 9.17) is 0 Å². The van der Waals surface area contributed by atoms with Crippen LogP contribution in [0.5, 0.6) is 0 Å². The van der Waals surface area contributed by atoms with Gasteiger partial charge in [-0.05, 0) is 37.7 Å². The number of carbonyl (C=O) groups is 2. The number of hydrogen-bond donors (Lipinski definition) is 2. The second-order valence-electron chi connectivity index (χ2n) is 7.60. The minimum absolute atomic E-state index is 0.0590. The van der Waals surface area contributed by atoms with Crippen molar-refractivity contribution in [3.63, 3.8) is 0 Å². The molecule has 1 aliphatic heterocycles. The average Bonchev–Trinajstić information content (AvgIpc) is 2.75. The zero-order chi connectivity index (χ0) is 21.3. The summed E-state index contributed by atoms with van der Waals surface area (Å²) in [6.45, 7) is 6.58. The Kier molecular flexibility index (Phi) is 8.16. The van der Waals surface area contributed by atoms with Gasteiger partial charge in [-0.1, -0.05) is 35.9 Å². The molecule has 160 valence electrons. The first-order valence-corrected chi connectivity index (χ1v) is 11.4. The van der Waals surface area contributed by atoms with Crippen LogP contribution in [0.2, 0.25) is 0 Å². The van der Waals surface area contributed by atoms with E-state index in [1.807, 2.05) is 43.3 Å². The van der Waals surface area contributed by atoms with Crippen LogP contribution in [0.15, 0.2) is 48.5 Å². The SMILES string of the molecule is Cc1ccc(NC(=O)CSCC(=O)NCc2ccccc2N2CCN(C)CC2)cc1. The number of rotatable bonds is 8. The molecule has 1 heterocycles. The maximum atomic E-state index is 12.2. The van der Waals surface area contributed by atoms with E-state index in [1.54, 1.807) is 0 Å². The first-order valence-electron chi connectivity index (χ1n) is 10.2. The summed E-state index contributed by atoms with van der Waals surface area (Å²) in [5, 5.41) is 5.84. The van der Waals surface area contributed by atoms with E-state index in [9.17, 15) is 9.59 Å². The number of thioether (sulfide) groups is 1. The van der Waals surface area contributed by atoms with Gasteiger partial charge in [0.1, 0.15) is 0 Å². The van der Waals surface area contributed by atoms with Gasteiger partial charge in [-0.2, -0.15) is 0 Å². The number of amides is 2. The number of aryl methyl sites for hydroxylation is 1. The standard InChI is InChI=1S/C23H30N4O2S/c1-18-7-9-20(10-8-18)25-23(29)17-30-16-22(28)24-15-19-5-3-4-6-21(19)27-13-11-26(2)12-14-27/h3-10H,11-17H2,1-2H3,(H,24,28)(H,25,29). The number of nitrogens with one attached hydrogen (secondary N) is 2. The molecule has 3 rings (SSSR count). The predicted octanol–water partition coefficient (Wildman–Crippen LogP) is 2.73. The van der Waals surface area contributed by atoms with E-state index >= 15 is 0 Å². The number of nitrogens with zero attached hydrogens (tertiary/aromatic N) is 2. The van der Waals surface area contributed by atoms with E-state index in [0.29, 0.717) is 6.54 Å². The molecule has 0 saturated carbocycles. The van der Waals surface area contributed by atoms with Crippen LogP contribution in [0.4, 0.5) is 11.4 Å². The first kappa shape index (κ1) is 22.2. The summed E-state index contributed by atoms with van der Waals surface area (Å²) in [4.78, 5) is 29.0. The highest BCUT2D eigenvalue weighted by atomic mass is 32.2. The topological polar surface area (TPSA) is 64.7 Å². The number of para-hydroxylation sites is 1. The Labute approximate surface area is 183 Å². The monoisotopic (exact) mass is 426 g/mol. The number of anilines is 2. The summed E-state index contributed by atoms with van der Waals surface area (Å²) in [7, 11) is 2.14. The fraction of sp³-hybridized carbons (Fsp3) is 0.391. The number of carbonyl (C=O) groups excluding carboxylic acids is 2. The molecular weight excluding hydrogens is 396 g/mol. The molecule has 0 bridgehead atoms. The lowest BCUT2D eigenvalue weighted by Crippen LogP contribution is -2.45. The molecule has 0 aromatic heterocycles. The Morgan fingerprint density at radius 1 is 0.933 bits per heavy atom. The van der Waals surface area contributed by atoms with Crippen LogP contribution in [-0.4, -0.2) is 61.4 Å². The van der Waals surface area contributed by atoms with Crippen LogP contribution >= 0.6 is 11.8 Å². The molecule has 2 amide bonds. The molecule has 1 aliphatic rings. The first-order chi connectivity index (χ1) is 14.5. The normalized spacial score (nSPS) is 14.4. The van der Waals surface area contributed by atoms with Gasteiger partial charge in [-0.15, -0.1) is 11.8 Å². The highest BCUT2D eigenvalue weighted by Crippen LogP contribution is 2.21. The molecule has 6 nitrogen and oxygen atoms in total. The average molecular weight is 427 g/mol. The number of piperazine rings is 1. The molecule has 0 radical (unpaired) electrons. The van der Waals surface area contributed by atoms with Crippen LogP contribution in [0.3, 0.4) is 0 Å². The zero-order valence-electron chi connectivity index (χ0n) is 17.7. The van der Waals surface area contributed by atoms with Gasteiger partial charge >= 0.3 is 0 Å². The van der Waals surface area contributed by atoms with Crippen molar-refractivity contribution in [1.82, 2.24) is 10.2 Å². The zero-order valence-corrected chi connectivity index (χ0v) is 18.5. The lowest BCUT2D eigenvalue weighted by Gasteiger charge is -2.35. The van der Waals surface area contributed by atoms with Crippen molar-refractivity contribution in [1.29, 1.82) is 0 Å². The van der Waals surface area contributed by atoms with Gasteiger partial charge in [-0.3, -0.25) is 9.59 Å². The maximum absolute atomic E-state index is 12.2. The molecular formula is C23H30N4O2S. The number of hydrogen-bond acceptors (Lipinski definition) is 5. The lowest BCUT2D eigenvalue weighted by molar-refractivity contribution is -0.118. The third-order valence-electron chi connectivity index (χ3n) is 5.11. The quantitative estimate of drug-likeness (QED) is 0.680. The molecule has 0 atom stereocenters. The smallest absolute Gasteiger partial charge is 0.234 e. The highest BCUT2D eigenvalue weighted by Gasteiger charge is 2.17. The van der Waals surface area contributed by atoms with Crippen molar-refractivity contribution in [2.24, 2.45) is 0 Å². The van der Waals surface area contributed by atoms with Crippen molar-refractivity contribution in [2.75, 3.05) is 54.9 Å². The fourth-order valence-corrected chi connectivity index (χ4v) is 3.98. The van der Waals surface area contributed by atoms with Gasteiger partial charge in [0.2, 0.25) is 11.8 Å². The lowest BCUT2D eigenvalue weighted by atomic mass is 10.1. The van der Waals surface area contributed by atoms with Gasteiger partial charge in [0.25, 0.3) is 0 Å². The van der Waals surface area contributed by atoms with Crippen molar-refractivity contribution in [3.8, 4) is 0 Å². The Morgan fingerprint density at radius 3 is 2.33 bits per heavy atom. The Balaban J connectivity index is 1.40. The van der Waals surface area contributed by atoms with Gasteiger partial charge < -0.3 is 20.4 Å². The predicted molar refractivity (Wildman–Crippen MR) is 125 cm³/mol. The maximum Gasteiger partial charge on any atom is 0.234 e. The summed E-state index contributed by atoms with van der Waals surface area (Å²) in [6.07, 6.45) is 0. The minimum atomic E-state index is -0.0999. The minimum Gasteiger partial charge on any atom is -0.369 e. The van der Waals surface area contributed by atoms with Crippen LogP contribution in [0.25, 0.3) is 0 Å². The molecule has 7 heteroatoms. The molecule has 2 N–H and O–H groups in total. The number of benzene rings is 2. The Morgan fingerprint density at radius 2 is 1.60 bits per heavy atom. The summed E-state index contributed by atoms with van der Waals surface area (Å²) in [5.74, 6) is 0.352. The summed E-state index contributed by atoms with van der Waals surface area (Å²) in [5.41, 5.74) is 4.23. The molecule has 0 aliphatic carbocycles. The van der Waals surface area contributed by atoms with Crippen LogP contribution in [-0.2, 0) is 16.1 Å². The van der Waals surface area contributed by atoms with Crippen LogP contribution < -0.4 is 15.5 Å². The van der Waals surface area contributed by atoms with E-state index in [2.05, 4.69) is 39.6 Å². The third kappa shape index (κ3) is 6.78. The largest absolute Gasteiger partial charge is 0.369 e. The fourth-order valence-electron chi connectivity index (χ4n) is 3.33. The van der Waals surface area contributed by atoms with Crippen molar-refractivity contribution in [2.45, 2.75) is 13.5 Å². The van der Waals surface area contributed by atoms with E-state index in [1.165, 1.54) is 17.4 Å². The van der Waals surface area contributed by atoms with Crippen molar-refractivity contribution >= 4 is 35.0 Å². The molecule has 1 saturated heterocycles. The molecule has 1 fully saturated rings. The Hall–Kier alpha value is -2.51. The highest BCUT2D eigenvalue weighted by molar-refractivity contribution is 8.00. The number of likely N-dealkylation sites (N-methyl/N-ethyl adjacent to an activating group) is 1. The molecule has 30 heavy (non-hydrogen) atoms. The summed E-state index contributed by atoms with van der Waals surface area (Å²) >= 11 is 1.32.